The van der Waals surface area contributed by atoms with Crippen LogP contribution in [0.2, 0.25) is 0 Å². The van der Waals surface area contributed by atoms with E-state index in [2.05, 4.69) is 20.7 Å². The number of halogens is 2. The Labute approximate surface area is 131 Å². The monoisotopic (exact) mass is 357 g/mol. The van der Waals surface area contributed by atoms with Crippen molar-refractivity contribution in [3.8, 4) is 0 Å². The molecule has 6 heteroatoms. The maximum atomic E-state index is 13.5. The molecule has 1 aromatic carbocycles. The van der Waals surface area contributed by atoms with Crippen molar-refractivity contribution in [1.29, 1.82) is 0 Å². The molecule has 0 bridgehead atoms. The Kier molecular flexibility index (Phi) is 6.55. The van der Waals surface area contributed by atoms with E-state index in [-0.39, 0.29) is 18.4 Å². The van der Waals surface area contributed by atoms with Crippen LogP contribution in [0, 0.1) is 11.7 Å². The smallest absolute Gasteiger partial charge is 0.310 e. The Morgan fingerprint density at radius 1 is 1.48 bits per heavy atom. The Morgan fingerprint density at radius 2 is 2.14 bits per heavy atom. The summed E-state index contributed by atoms with van der Waals surface area (Å²) < 4.78 is 18.9. The molecule has 0 fully saturated rings. The van der Waals surface area contributed by atoms with Crippen LogP contribution in [0.15, 0.2) is 28.7 Å². The number of rotatable bonds is 5. The van der Waals surface area contributed by atoms with E-state index in [0.717, 1.165) is 4.47 Å². The van der Waals surface area contributed by atoms with Crippen LogP contribution in [0.25, 0.3) is 6.08 Å². The molecular weight excluding hydrogens is 341 g/mol. The fourth-order valence-electron chi connectivity index (χ4n) is 1.71. The van der Waals surface area contributed by atoms with Crippen LogP contribution in [0.4, 0.5) is 4.39 Å². The van der Waals surface area contributed by atoms with Crippen LogP contribution in [-0.2, 0) is 14.3 Å². The van der Waals surface area contributed by atoms with Crippen molar-refractivity contribution >= 4 is 33.9 Å². The molecule has 114 valence electrons. The van der Waals surface area contributed by atoms with Gasteiger partial charge in [-0.1, -0.05) is 22.9 Å². The predicted octanol–water partition coefficient (Wildman–Crippen LogP) is 2.87. The highest BCUT2D eigenvalue weighted by Crippen LogP contribution is 2.16. The first-order valence-electron chi connectivity index (χ1n) is 6.31. The summed E-state index contributed by atoms with van der Waals surface area (Å²) in [5.74, 6) is -1.52. The van der Waals surface area contributed by atoms with Gasteiger partial charge in [-0.3, -0.25) is 9.59 Å². The molecule has 1 rings (SSSR count). The van der Waals surface area contributed by atoms with Crippen LogP contribution in [-0.4, -0.2) is 37.5 Å². The number of likely N-dealkylation sites (N-methyl/N-ethyl adjacent to an activating group) is 1. The highest BCUT2D eigenvalue weighted by atomic mass is 79.9. The van der Waals surface area contributed by atoms with Crippen LogP contribution in [0.3, 0.4) is 0 Å². The Morgan fingerprint density at radius 3 is 2.76 bits per heavy atom. The highest BCUT2D eigenvalue weighted by Gasteiger charge is 2.17. The number of carbonyl (C=O) groups is 2. The average Bonchev–Trinajstić information content (AvgIpc) is 2.46. The number of hydrogen-bond acceptors (Lipinski definition) is 3. The van der Waals surface area contributed by atoms with E-state index in [4.69, 9.17) is 0 Å². The van der Waals surface area contributed by atoms with Crippen LogP contribution < -0.4 is 0 Å². The lowest BCUT2D eigenvalue weighted by molar-refractivity contribution is -0.145. The number of esters is 1. The van der Waals surface area contributed by atoms with Gasteiger partial charge in [0.2, 0.25) is 5.91 Å². The topological polar surface area (TPSA) is 46.6 Å². The zero-order valence-corrected chi connectivity index (χ0v) is 13.7. The van der Waals surface area contributed by atoms with Crippen molar-refractivity contribution in [1.82, 2.24) is 4.90 Å². The molecule has 0 spiro atoms. The lowest BCUT2D eigenvalue weighted by Gasteiger charge is -2.18. The summed E-state index contributed by atoms with van der Waals surface area (Å²) >= 11 is 3.24. The molecule has 0 N–H and O–H groups in total. The maximum absolute atomic E-state index is 13.5. The van der Waals surface area contributed by atoms with Gasteiger partial charge in [-0.15, -0.1) is 0 Å². The van der Waals surface area contributed by atoms with Gasteiger partial charge >= 0.3 is 5.97 Å². The summed E-state index contributed by atoms with van der Waals surface area (Å²) in [5.41, 5.74) is 0.312. The van der Waals surface area contributed by atoms with E-state index >= 15 is 0 Å². The fourth-order valence-corrected chi connectivity index (χ4v) is 2.09. The van der Waals surface area contributed by atoms with E-state index in [1.54, 1.807) is 26.1 Å². The van der Waals surface area contributed by atoms with Gasteiger partial charge in [0.1, 0.15) is 5.82 Å². The minimum Gasteiger partial charge on any atom is -0.469 e. The molecule has 1 unspecified atom stereocenters. The van der Waals surface area contributed by atoms with Gasteiger partial charge in [0.05, 0.1) is 13.0 Å². The van der Waals surface area contributed by atoms with Gasteiger partial charge in [-0.05, 0) is 24.3 Å². The first kappa shape index (κ1) is 17.4. The maximum Gasteiger partial charge on any atom is 0.310 e. The summed E-state index contributed by atoms with van der Waals surface area (Å²) in [5, 5.41) is 0. The molecule has 0 heterocycles. The number of ether oxygens (including phenoxy) is 1. The molecule has 1 atom stereocenters. The van der Waals surface area contributed by atoms with Gasteiger partial charge in [0.25, 0.3) is 0 Å². The quantitative estimate of drug-likeness (QED) is 0.601. The molecule has 0 saturated carbocycles. The minimum atomic E-state index is -0.417. The molecule has 21 heavy (non-hydrogen) atoms. The summed E-state index contributed by atoms with van der Waals surface area (Å²) in [7, 11) is 2.87. The molecule has 0 saturated heterocycles. The first-order valence-corrected chi connectivity index (χ1v) is 7.10. The second-order valence-electron chi connectivity index (χ2n) is 4.64. The van der Waals surface area contributed by atoms with Crippen LogP contribution in [0.1, 0.15) is 12.5 Å². The fraction of sp³-hybridized carbons (Fsp3) is 0.333. The van der Waals surface area contributed by atoms with Crippen molar-refractivity contribution in [2.45, 2.75) is 6.92 Å². The lowest BCUT2D eigenvalue weighted by atomic mass is 10.1. The van der Waals surface area contributed by atoms with Gasteiger partial charge < -0.3 is 9.64 Å². The summed E-state index contributed by atoms with van der Waals surface area (Å²) in [6.07, 6.45) is 2.68. The third-order valence-corrected chi connectivity index (χ3v) is 3.38. The molecule has 1 aromatic rings. The van der Waals surface area contributed by atoms with Gasteiger partial charge in [0, 0.05) is 29.7 Å². The molecule has 1 amide bonds. The normalized spacial score (nSPS) is 12.2. The molecule has 0 aliphatic carbocycles. The zero-order chi connectivity index (χ0) is 16.0. The van der Waals surface area contributed by atoms with Crippen LogP contribution >= 0.6 is 15.9 Å². The van der Waals surface area contributed by atoms with Crippen molar-refractivity contribution < 1.29 is 18.7 Å². The number of methoxy groups -OCH3 is 1. The summed E-state index contributed by atoms with van der Waals surface area (Å²) in [4.78, 5) is 24.6. The van der Waals surface area contributed by atoms with Crippen LogP contribution in [0.5, 0.6) is 0 Å². The van der Waals surface area contributed by atoms with Gasteiger partial charge in [0.15, 0.2) is 0 Å². The number of hydrogen-bond donors (Lipinski definition) is 0. The molecule has 4 nitrogen and oxygen atoms in total. The van der Waals surface area contributed by atoms with Crippen molar-refractivity contribution in [2.24, 2.45) is 5.92 Å². The van der Waals surface area contributed by atoms with E-state index in [9.17, 15) is 14.0 Å². The standard InChI is InChI=1S/C15H17BrFNO3/c1-10(15(20)21-3)9-18(2)14(19)7-4-11-8-12(16)5-6-13(11)17/h4-8,10H,9H2,1-3H3. The second kappa shape index (κ2) is 7.93. The SMILES string of the molecule is COC(=O)C(C)CN(C)C(=O)C=Cc1cc(Br)ccc1F. The van der Waals surface area contributed by atoms with Gasteiger partial charge in [-0.2, -0.15) is 0 Å². The average molecular weight is 358 g/mol. The Balaban J connectivity index is 2.69. The number of benzene rings is 1. The summed E-state index contributed by atoms with van der Waals surface area (Å²) in [6.45, 7) is 1.91. The van der Waals surface area contributed by atoms with Crippen molar-refractivity contribution in [3.63, 3.8) is 0 Å². The minimum absolute atomic E-state index is 0.233. The van der Waals surface area contributed by atoms with E-state index < -0.39 is 11.7 Å². The van der Waals surface area contributed by atoms with E-state index in [1.165, 1.54) is 30.2 Å². The lowest BCUT2D eigenvalue weighted by Crippen LogP contribution is -2.33. The largest absolute Gasteiger partial charge is 0.469 e. The van der Waals surface area contributed by atoms with E-state index in [0.29, 0.717) is 5.56 Å². The first-order chi connectivity index (χ1) is 9.85. The molecular formula is C15H17BrFNO3. The number of carbonyl (C=O) groups excluding carboxylic acids is 2. The molecule has 0 radical (unpaired) electrons. The van der Waals surface area contributed by atoms with E-state index in [1.807, 2.05) is 0 Å². The molecule has 0 aliphatic heterocycles. The highest BCUT2D eigenvalue weighted by molar-refractivity contribution is 9.10. The summed E-state index contributed by atoms with van der Waals surface area (Å²) in [6, 6.07) is 4.48. The number of amides is 1. The molecule has 0 aromatic heterocycles. The third-order valence-electron chi connectivity index (χ3n) is 2.89. The zero-order valence-electron chi connectivity index (χ0n) is 12.1. The van der Waals surface area contributed by atoms with Gasteiger partial charge in [-0.25, -0.2) is 4.39 Å². The number of nitrogens with zero attached hydrogens (tertiary/aromatic N) is 1. The third kappa shape index (κ3) is 5.30. The predicted molar refractivity (Wildman–Crippen MR) is 82.0 cm³/mol. The van der Waals surface area contributed by atoms with Crippen molar-refractivity contribution in [2.75, 3.05) is 20.7 Å². The second-order valence-corrected chi connectivity index (χ2v) is 5.56. The Hall–Kier alpha value is -1.69. The Bertz CT molecular complexity index is 560. The molecule has 0 aliphatic rings. The van der Waals surface area contributed by atoms with Crippen molar-refractivity contribution in [3.05, 3.63) is 40.1 Å².